The van der Waals surface area contributed by atoms with Crippen molar-refractivity contribution in [3.05, 3.63) is 53.4 Å². The maximum atomic E-state index is 13.7. The molecule has 2 rings (SSSR count). The van der Waals surface area contributed by atoms with E-state index in [1.165, 1.54) is 24.5 Å². The number of hydrogen-bond acceptors (Lipinski definition) is 2. The number of aliphatic hydroxyl groups is 1. The largest absolute Gasteiger partial charge is 0.391 e. The molecular formula is C12H7F4NO. The van der Waals surface area contributed by atoms with Crippen molar-refractivity contribution in [3.63, 3.8) is 0 Å². The summed E-state index contributed by atoms with van der Waals surface area (Å²) in [6.45, 7) is -1.12. The molecule has 0 bridgehead atoms. The Balaban J connectivity index is 2.78. The Hall–Kier alpha value is -1.95. The molecule has 0 radical (unpaired) electrons. The lowest BCUT2D eigenvalue weighted by Crippen LogP contribution is -2.06. The van der Waals surface area contributed by atoms with E-state index >= 15 is 0 Å². The van der Waals surface area contributed by atoms with Crippen LogP contribution in [0.15, 0.2) is 24.5 Å². The molecule has 2 nitrogen and oxygen atoms in total. The maximum Gasteiger partial charge on any atom is 0.170 e. The summed E-state index contributed by atoms with van der Waals surface area (Å²) in [6, 6.07) is 2.44. The van der Waals surface area contributed by atoms with Crippen LogP contribution in [0.25, 0.3) is 11.1 Å². The first-order chi connectivity index (χ1) is 8.57. The van der Waals surface area contributed by atoms with Crippen LogP contribution in [0.3, 0.4) is 0 Å². The van der Waals surface area contributed by atoms with Gasteiger partial charge in [0.05, 0.1) is 17.7 Å². The predicted octanol–water partition coefficient (Wildman–Crippen LogP) is 2.80. The van der Waals surface area contributed by atoms with E-state index in [1.807, 2.05) is 0 Å². The molecule has 0 amide bonds. The van der Waals surface area contributed by atoms with Crippen LogP contribution in [0.2, 0.25) is 0 Å². The van der Waals surface area contributed by atoms with Crippen molar-refractivity contribution in [2.75, 3.05) is 0 Å². The van der Waals surface area contributed by atoms with Gasteiger partial charge in [-0.1, -0.05) is 0 Å². The minimum absolute atomic E-state index is 0.0395. The fourth-order valence-electron chi connectivity index (χ4n) is 1.59. The van der Waals surface area contributed by atoms with Gasteiger partial charge in [-0.05, 0) is 17.7 Å². The maximum absolute atomic E-state index is 13.7. The van der Waals surface area contributed by atoms with Crippen LogP contribution in [0.5, 0.6) is 0 Å². The Labute approximate surface area is 99.5 Å². The minimum Gasteiger partial charge on any atom is -0.391 e. The lowest BCUT2D eigenvalue weighted by molar-refractivity contribution is 0.263. The summed E-state index contributed by atoms with van der Waals surface area (Å²) in [6.07, 6.45) is 2.48. The summed E-state index contributed by atoms with van der Waals surface area (Å²) < 4.78 is 54.2. The Morgan fingerprint density at radius 2 is 1.39 bits per heavy atom. The second-order valence-corrected chi connectivity index (χ2v) is 3.50. The lowest BCUT2D eigenvalue weighted by atomic mass is 10.0. The molecule has 2 aromatic rings. The van der Waals surface area contributed by atoms with Gasteiger partial charge in [-0.15, -0.1) is 0 Å². The van der Waals surface area contributed by atoms with Crippen molar-refractivity contribution in [3.8, 4) is 11.1 Å². The van der Waals surface area contributed by atoms with Gasteiger partial charge in [0.25, 0.3) is 0 Å². The van der Waals surface area contributed by atoms with Crippen molar-refractivity contribution in [2.45, 2.75) is 6.61 Å². The van der Waals surface area contributed by atoms with Crippen molar-refractivity contribution in [2.24, 2.45) is 0 Å². The summed E-state index contributed by atoms with van der Waals surface area (Å²) in [5.41, 5.74) is -1.88. The second-order valence-electron chi connectivity index (χ2n) is 3.50. The molecule has 0 aliphatic carbocycles. The van der Waals surface area contributed by atoms with E-state index in [0.29, 0.717) is 0 Å². The Bertz CT molecular complexity index is 557. The molecule has 1 aromatic carbocycles. The van der Waals surface area contributed by atoms with Gasteiger partial charge >= 0.3 is 0 Å². The molecule has 1 heterocycles. The standard InChI is InChI=1S/C12H7F4NO/c13-9-7(5-18)10(14)12(16)8(11(9)15)6-1-3-17-4-2-6/h1-4,18H,5H2. The Morgan fingerprint density at radius 3 is 1.83 bits per heavy atom. The van der Waals surface area contributed by atoms with Crippen LogP contribution >= 0.6 is 0 Å². The molecule has 0 fully saturated rings. The monoisotopic (exact) mass is 257 g/mol. The van der Waals surface area contributed by atoms with E-state index in [9.17, 15) is 17.6 Å². The summed E-state index contributed by atoms with van der Waals surface area (Å²) >= 11 is 0. The summed E-state index contributed by atoms with van der Waals surface area (Å²) in [4.78, 5) is 3.64. The first kappa shape index (κ1) is 12.5. The van der Waals surface area contributed by atoms with Crippen LogP contribution in [0.4, 0.5) is 17.6 Å². The number of halogens is 4. The fraction of sp³-hybridized carbons (Fsp3) is 0.0833. The summed E-state index contributed by atoms with van der Waals surface area (Å²) in [5.74, 6) is -6.26. The van der Waals surface area contributed by atoms with Crippen LogP contribution in [-0.2, 0) is 6.61 Å². The molecule has 18 heavy (non-hydrogen) atoms. The van der Waals surface area contributed by atoms with Gasteiger partial charge in [-0.25, -0.2) is 17.6 Å². The number of nitrogens with zero attached hydrogens (tertiary/aromatic N) is 1. The highest BCUT2D eigenvalue weighted by molar-refractivity contribution is 5.65. The smallest absolute Gasteiger partial charge is 0.170 e. The fourth-order valence-corrected chi connectivity index (χ4v) is 1.59. The first-order valence-corrected chi connectivity index (χ1v) is 4.94. The summed E-state index contributed by atoms with van der Waals surface area (Å²) in [7, 11) is 0. The van der Waals surface area contributed by atoms with Crippen molar-refractivity contribution in [1.82, 2.24) is 4.98 Å². The molecule has 0 saturated carbocycles. The van der Waals surface area contributed by atoms with E-state index in [-0.39, 0.29) is 5.56 Å². The molecule has 1 aromatic heterocycles. The number of hydrogen-bond donors (Lipinski definition) is 1. The van der Waals surface area contributed by atoms with Gasteiger partial charge in [-0.2, -0.15) is 0 Å². The van der Waals surface area contributed by atoms with Gasteiger partial charge in [0.15, 0.2) is 23.3 Å². The van der Waals surface area contributed by atoms with E-state index < -0.39 is 41.0 Å². The normalized spacial score (nSPS) is 10.7. The van der Waals surface area contributed by atoms with Crippen LogP contribution in [-0.4, -0.2) is 10.1 Å². The molecule has 0 saturated heterocycles. The van der Waals surface area contributed by atoms with Crippen molar-refractivity contribution < 1.29 is 22.7 Å². The zero-order chi connectivity index (χ0) is 13.3. The van der Waals surface area contributed by atoms with E-state index in [1.54, 1.807) is 0 Å². The predicted molar refractivity (Wildman–Crippen MR) is 55.4 cm³/mol. The van der Waals surface area contributed by atoms with E-state index in [0.717, 1.165) is 0 Å². The Morgan fingerprint density at radius 1 is 0.889 bits per heavy atom. The first-order valence-electron chi connectivity index (χ1n) is 4.94. The topological polar surface area (TPSA) is 33.1 Å². The van der Waals surface area contributed by atoms with Crippen molar-refractivity contribution in [1.29, 1.82) is 0 Å². The third kappa shape index (κ3) is 1.84. The molecule has 0 atom stereocenters. The van der Waals surface area contributed by atoms with Gasteiger partial charge in [0.1, 0.15) is 0 Å². The van der Waals surface area contributed by atoms with Gasteiger partial charge < -0.3 is 5.11 Å². The molecule has 6 heteroatoms. The SMILES string of the molecule is OCc1c(F)c(F)c(-c2ccncc2)c(F)c1F. The number of benzene rings is 1. The molecule has 0 aliphatic heterocycles. The molecule has 0 spiro atoms. The quantitative estimate of drug-likeness (QED) is 0.663. The highest BCUT2D eigenvalue weighted by Crippen LogP contribution is 2.31. The van der Waals surface area contributed by atoms with E-state index in [2.05, 4.69) is 4.98 Å². The number of rotatable bonds is 2. The Kier molecular flexibility index (Phi) is 3.29. The van der Waals surface area contributed by atoms with Crippen molar-refractivity contribution >= 4 is 0 Å². The van der Waals surface area contributed by atoms with Gasteiger partial charge in [-0.3, -0.25) is 4.98 Å². The molecule has 0 unspecified atom stereocenters. The highest BCUT2D eigenvalue weighted by Gasteiger charge is 2.25. The molecule has 1 N–H and O–H groups in total. The third-order valence-electron chi connectivity index (χ3n) is 2.48. The van der Waals surface area contributed by atoms with Crippen LogP contribution in [0, 0.1) is 23.3 Å². The lowest BCUT2D eigenvalue weighted by Gasteiger charge is -2.10. The third-order valence-corrected chi connectivity index (χ3v) is 2.48. The van der Waals surface area contributed by atoms with Crippen LogP contribution in [0.1, 0.15) is 5.56 Å². The van der Waals surface area contributed by atoms with E-state index in [4.69, 9.17) is 5.11 Å². The molecular weight excluding hydrogens is 250 g/mol. The molecule has 94 valence electrons. The number of aromatic nitrogens is 1. The van der Waals surface area contributed by atoms with Crippen LogP contribution < -0.4 is 0 Å². The molecule has 0 aliphatic rings. The van der Waals surface area contributed by atoms with Gasteiger partial charge in [0, 0.05) is 12.4 Å². The zero-order valence-electron chi connectivity index (χ0n) is 8.92. The minimum atomic E-state index is -1.59. The summed E-state index contributed by atoms with van der Waals surface area (Å²) in [5, 5.41) is 8.69. The highest BCUT2D eigenvalue weighted by atomic mass is 19.2. The number of aliphatic hydroxyl groups excluding tert-OH is 1. The average Bonchev–Trinajstić information content (AvgIpc) is 2.39. The average molecular weight is 257 g/mol. The van der Waals surface area contributed by atoms with Gasteiger partial charge in [0.2, 0.25) is 0 Å². The number of pyridine rings is 1. The second kappa shape index (κ2) is 4.73. The zero-order valence-corrected chi connectivity index (χ0v) is 8.92.